The summed E-state index contributed by atoms with van der Waals surface area (Å²) < 4.78 is 26.8. The minimum absolute atomic E-state index is 0.213. The van der Waals surface area contributed by atoms with E-state index < -0.39 is 0 Å². The van der Waals surface area contributed by atoms with Crippen molar-refractivity contribution < 1.29 is 8.78 Å². The number of hydrogen-bond donors (Lipinski definition) is 0. The van der Waals surface area contributed by atoms with Crippen molar-refractivity contribution in [3.05, 3.63) is 83.8 Å². The third-order valence-corrected chi connectivity index (χ3v) is 5.04. The molecule has 0 radical (unpaired) electrons. The minimum atomic E-state index is -0.273. The van der Waals surface area contributed by atoms with Crippen LogP contribution in [0.1, 0.15) is 30.0 Å². The summed E-state index contributed by atoms with van der Waals surface area (Å²) >= 11 is 0. The fourth-order valence-corrected chi connectivity index (χ4v) is 3.78. The number of piperidine rings is 1. The van der Waals surface area contributed by atoms with Crippen LogP contribution in [0.15, 0.2) is 60.9 Å². The fraction of sp³-hybridized carbons (Fsp3) is 0.273. The monoisotopic (exact) mass is 365 g/mol. The Kier molecular flexibility index (Phi) is 5.21. The molecule has 3 aromatic rings. The molecule has 3 nitrogen and oxygen atoms in total. The lowest BCUT2D eigenvalue weighted by atomic mass is 9.91. The van der Waals surface area contributed by atoms with E-state index in [1.165, 1.54) is 24.3 Å². The Bertz CT molecular complexity index is 911. The summed E-state index contributed by atoms with van der Waals surface area (Å²) in [4.78, 5) is 11.5. The van der Waals surface area contributed by atoms with Crippen LogP contribution < -0.4 is 0 Å². The summed E-state index contributed by atoms with van der Waals surface area (Å²) in [5.41, 5.74) is 3.54. The van der Waals surface area contributed by atoms with Gasteiger partial charge in [0.05, 0.1) is 11.4 Å². The van der Waals surface area contributed by atoms with Gasteiger partial charge in [-0.25, -0.2) is 8.78 Å². The second-order valence-electron chi connectivity index (χ2n) is 7.00. The van der Waals surface area contributed by atoms with Crippen molar-refractivity contribution in [1.29, 1.82) is 0 Å². The molecule has 1 saturated heterocycles. The van der Waals surface area contributed by atoms with Crippen LogP contribution in [0.2, 0.25) is 0 Å². The lowest BCUT2D eigenvalue weighted by Crippen LogP contribution is -2.34. The van der Waals surface area contributed by atoms with Crippen molar-refractivity contribution in [3.63, 3.8) is 0 Å². The van der Waals surface area contributed by atoms with E-state index in [4.69, 9.17) is 0 Å². The standard InChI is InChI=1S/C22H21F2N3/c23-19-8-6-16(7-9-19)14-27-12-2-4-18(15-27)22-21(25-10-11-26-22)17-3-1-5-20(24)13-17/h1,3,5-11,13,18H,2,4,12,14-15H2/t18-/m0/s1. The fourth-order valence-electron chi connectivity index (χ4n) is 3.78. The number of likely N-dealkylation sites (tertiary alicyclic amines) is 1. The molecule has 0 unspecified atom stereocenters. The normalized spacial score (nSPS) is 17.8. The molecule has 138 valence electrons. The van der Waals surface area contributed by atoms with Gasteiger partial charge < -0.3 is 0 Å². The van der Waals surface area contributed by atoms with Gasteiger partial charge in [-0.2, -0.15) is 0 Å². The van der Waals surface area contributed by atoms with E-state index in [2.05, 4.69) is 14.9 Å². The van der Waals surface area contributed by atoms with E-state index in [0.29, 0.717) is 0 Å². The van der Waals surface area contributed by atoms with Crippen molar-refractivity contribution in [3.8, 4) is 11.3 Å². The van der Waals surface area contributed by atoms with Gasteiger partial charge in [0, 0.05) is 37.0 Å². The molecule has 27 heavy (non-hydrogen) atoms. The molecular weight excluding hydrogens is 344 g/mol. The maximum Gasteiger partial charge on any atom is 0.123 e. The molecule has 5 heteroatoms. The Balaban J connectivity index is 1.56. The van der Waals surface area contributed by atoms with Gasteiger partial charge in [-0.15, -0.1) is 0 Å². The Morgan fingerprint density at radius 3 is 2.59 bits per heavy atom. The molecule has 1 aliphatic rings. The van der Waals surface area contributed by atoms with Crippen molar-refractivity contribution in [2.75, 3.05) is 13.1 Å². The second kappa shape index (κ2) is 7.92. The number of halogens is 2. The zero-order chi connectivity index (χ0) is 18.6. The highest BCUT2D eigenvalue weighted by molar-refractivity contribution is 5.62. The summed E-state index contributed by atoms with van der Waals surface area (Å²) in [6.07, 6.45) is 5.45. The number of benzene rings is 2. The average Bonchev–Trinajstić information content (AvgIpc) is 2.70. The predicted molar refractivity (Wildman–Crippen MR) is 101 cm³/mol. The number of hydrogen-bond acceptors (Lipinski definition) is 3. The molecule has 0 N–H and O–H groups in total. The second-order valence-corrected chi connectivity index (χ2v) is 7.00. The first kappa shape index (κ1) is 17.7. The zero-order valence-electron chi connectivity index (χ0n) is 15.0. The largest absolute Gasteiger partial charge is 0.298 e. The van der Waals surface area contributed by atoms with Crippen LogP contribution in [0.4, 0.5) is 8.78 Å². The summed E-state index contributed by atoms with van der Waals surface area (Å²) in [5.74, 6) is -0.244. The van der Waals surface area contributed by atoms with E-state index in [-0.39, 0.29) is 17.6 Å². The molecule has 1 fully saturated rings. The first-order valence-electron chi connectivity index (χ1n) is 9.23. The van der Waals surface area contributed by atoms with Crippen LogP contribution in [0, 0.1) is 11.6 Å². The smallest absolute Gasteiger partial charge is 0.123 e. The topological polar surface area (TPSA) is 29.0 Å². The van der Waals surface area contributed by atoms with Gasteiger partial charge in [-0.1, -0.05) is 24.3 Å². The third kappa shape index (κ3) is 4.19. The molecule has 1 atom stereocenters. The molecule has 0 spiro atoms. The predicted octanol–water partition coefficient (Wildman–Crippen LogP) is 4.80. The molecule has 2 heterocycles. The first-order valence-corrected chi connectivity index (χ1v) is 9.23. The Hall–Kier alpha value is -2.66. The van der Waals surface area contributed by atoms with Gasteiger partial charge in [0.2, 0.25) is 0 Å². The van der Waals surface area contributed by atoms with Crippen molar-refractivity contribution in [1.82, 2.24) is 14.9 Å². The van der Waals surface area contributed by atoms with E-state index in [9.17, 15) is 8.78 Å². The molecular formula is C22H21F2N3. The Morgan fingerprint density at radius 2 is 1.78 bits per heavy atom. The summed E-state index contributed by atoms with van der Waals surface area (Å²) in [6, 6.07) is 13.2. The van der Waals surface area contributed by atoms with Crippen LogP contribution in [-0.2, 0) is 6.54 Å². The highest BCUT2D eigenvalue weighted by atomic mass is 19.1. The van der Waals surface area contributed by atoms with E-state index in [1.807, 2.05) is 18.2 Å². The third-order valence-electron chi connectivity index (χ3n) is 5.04. The van der Waals surface area contributed by atoms with Crippen LogP contribution in [0.3, 0.4) is 0 Å². The van der Waals surface area contributed by atoms with E-state index >= 15 is 0 Å². The van der Waals surface area contributed by atoms with Crippen LogP contribution in [-0.4, -0.2) is 28.0 Å². The van der Waals surface area contributed by atoms with Crippen molar-refractivity contribution >= 4 is 0 Å². The lowest BCUT2D eigenvalue weighted by molar-refractivity contribution is 0.198. The maximum atomic E-state index is 13.7. The molecule has 1 aliphatic heterocycles. The summed E-state index contributed by atoms with van der Waals surface area (Å²) in [6.45, 7) is 2.65. The Morgan fingerprint density at radius 1 is 0.963 bits per heavy atom. The molecule has 2 aromatic carbocycles. The van der Waals surface area contributed by atoms with Crippen molar-refractivity contribution in [2.45, 2.75) is 25.3 Å². The maximum absolute atomic E-state index is 13.7. The minimum Gasteiger partial charge on any atom is -0.298 e. The number of rotatable bonds is 4. The number of nitrogens with zero attached hydrogens (tertiary/aromatic N) is 3. The zero-order valence-corrected chi connectivity index (χ0v) is 15.0. The molecule has 0 amide bonds. The molecule has 0 bridgehead atoms. The van der Waals surface area contributed by atoms with Gasteiger partial charge in [-0.05, 0) is 49.2 Å². The van der Waals surface area contributed by atoms with E-state index in [0.717, 1.165) is 55.0 Å². The van der Waals surface area contributed by atoms with Crippen LogP contribution in [0.5, 0.6) is 0 Å². The summed E-state index contributed by atoms with van der Waals surface area (Å²) in [7, 11) is 0. The SMILES string of the molecule is Fc1ccc(CN2CCC[C@H](c3nccnc3-c3cccc(F)c3)C2)cc1. The molecule has 0 saturated carbocycles. The van der Waals surface area contributed by atoms with Gasteiger partial charge in [0.15, 0.2) is 0 Å². The lowest BCUT2D eigenvalue weighted by Gasteiger charge is -2.33. The van der Waals surface area contributed by atoms with Gasteiger partial charge in [0.25, 0.3) is 0 Å². The molecule has 0 aliphatic carbocycles. The summed E-state index contributed by atoms with van der Waals surface area (Å²) in [5, 5.41) is 0. The first-order chi connectivity index (χ1) is 13.2. The van der Waals surface area contributed by atoms with Gasteiger partial charge in [0.1, 0.15) is 11.6 Å². The van der Waals surface area contributed by atoms with Gasteiger partial charge in [-0.3, -0.25) is 14.9 Å². The van der Waals surface area contributed by atoms with E-state index in [1.54, 1.807) is 18.5 Å². The van der Waals surface area contributed by atoms with Crippen molar-refractivity contribution in [2.24, 2.45) is 0 Å². The molecule has 4 rings (SSSR count). The highest BCUT2D eigenvalue weighted by Gasteiger charge is 2.25. The number of aromatic nitrogens is 2. The Labute approximate surface area is 157 Å². The van der Waals surface area contributed by atoms with Gasteiger partial charge >= 0.3 is 0 Å². The average molecular weight is 365 g/mol. The highest BCUT2D eigenvalue weighted by Crippen LogP contribution is 2.32. The van der Waals surface area contributed by atoms with Crippen LogP contribution in [0.25, 0.3) is 11.3 Å². The quantitative estimate of drug-likeness (QED) is 0.665. The molecule has 1 aromatic heterocycles. The van der Waals surface area contributed by atoms with Crippen LogP contribution >= 0.6 is 0 Å².